The number of rotatable bonds is 3. The summed E-state index contributed by atoms with van der Waals surface area (Å²) >= 11 is 11.8. The molecule has 2 aromatic rings. The van der Waals surface area contributed by atoms with Crippen LogP contribution in [0.4, 0.5) is 13.2 Å². The third-order valence-corrected chi connectivity index (χ3v) is 3.88. The smallest absolute Gasteiger partial charge is 0.166 e. The monoisotopic (exact) mass is 332 g/mol. The van der Waals surface area contributed by atoms with Crippen molar-refractivity contribution in [2.45, 2.75) is 19.0 Å². The van der Waals surface area contributed by atoms with Gasteiger partial charge in [-0.2, -0.15) is 13.2 Å². The zero-order valence-electron chi connectivity index (χ0n) is 11.2. The summed E-state index contributed by atoms with van der Waals surface area (Å²) in [5.74, 6) is -0.463. The molecule has 0 saturated carbocycles. The predicted octanol–water partition coefficient (Wildman–Crippen LogP) is 6.04. The second-order valence-electron chi connectivity index (χ2n) is 4.85. The average Bonchev–Trinajstić information content (AvgIpc) is 2.42. The molecule has 0 aliphatic heterocycles. The fourth-order valence-corrected chi connectivity index (χ4v) is 2.74. The van der Waals surface area contributed by atoms with Crippen LogP contribution in [0.25, 0.3) is 0 Å². The molecular weight excluding hydrogens is 320 g/mol. The fraction of sp³-hybridized carbons (Fsp3) is 0.250. The highest BCUT2D eigenvalue weighted by atomic mass is 35.5. The largest absolute Gasteiger partial charge is 0.416 e. The topological polar surface area (TPSA) is 0 Å². The number of aryl methyl sites for hydroxylation is 1. The van der Waals surface area contributed by atoms with Crippen molar-refractivity contribution < 1.29 is 13.2 Å². The normalized spacial score (nSPS) is 13.2. The molecule has 0 aliphatic rings. The SMILES string of the molecule is Cc1ccc(C(CCl)c2ccc(Cl)cc2)c(C(F)(F)F)c1. The van der Waals surface area contributed by atoms with E-state index in [1.807, 2.05) is 0 Å². The first-order valence-electron chi connectivity index (χ1n) is 6.32. The van der Waals surface area contributed by atoms with E-state index in [4.69, 9.17) is 23.2 Å². The third-order valence-electron chi connectivity index (χ3n) is 3.32. The summed E-state index contributed by atoms with van der Waals surface area (Å²) in [5.41, 5.74) is 0.827. The molecule has 0 heterocycles. The first-order chi connectivity index (χ1) is 9.82. The van der Waals surface area contributed by atoms with Crippen molar-refractivity contribution in [3.63, 3.8) is 0 Å². The summed E-state index contributed by atoms with van der Waals surface area (Å²) in [7, 11) is 0. The zero-order chi connectivity index (χ0) is 15.6. The quantitative estimate of drug-likeness (QED) is 0.601. The van der Waals surface area contributed by atoms with Gasteiger partial charge < -0.3 is 0 Å². The van der Waals surface area contributed by atoms with Gasteiger partial charge in [0.2, 0.25) is 0 Å². The highest BCUT2D eigenvalue weighted by molar-refractivity contribution is 6.30. The molecular formula is C16H13Cl2F3. The fourth-order valence-electron chi connectivity index (χ4n) is 2.27. The lowest BCUT2D eigenvalue weighted by molar-refractivity contribution is -0.138. The standard InChI is InChI=1S/C16H13Cl2F3/c1-10-2-7-13(15(8-10)16(19,20)21)14(9-17)11-3-5-12(18)6-4-11/h2-8,14H,9H2,1H3. The first kappa shape index (κ1) is 16.2. The molecule has 112 valence electrons. The Labute approximate surface area is 131 Å². The molecule has 21 heavy (non-hydrogen) atoms. The molecule has 5 heteroatoms. The summed E-state index contributed by atoms with van der Waals surface area (Å²) in [6.45, 7) is 1.64. The summed E-state index contributed by atoms with van der Waals surface area (Å²) in [6, 6.07) is 11.0. The van der Waals surface area contributed by atoms with Gasteiger partial charge >= 0.3 is 6.18 Å². The van der Waals surface area contributed by atoms with Gasteiger partial charge in [0.1, 0.15) is 0 Å². The number of alkyl halides is 4. The number of benzene rings is 2. The van der Waals surface area contributed by atoms with Crippen LogP contribution in [0.3, 0.4) is 0 Å². The lowest BCUT2D eigenvalue weighted by Crippen LogP contribution is -2.14. The number of halogens is 5. The minimum absolute atomic E-state index is 0.0633. The van der Waals surface area contributed by atoms with E-state index in [1.165, 1.54) is 6.07 Å². The van der Waals surface area contributed by atoms with Crippen molar-refractivity contribution in [2.75, 3.05) is 5.88 Å². The van der Waals surface area contributed by atoms with E-state index in [2.05, 4.69) is 0 Å². The highest BCUT2D eigenvalue weighted by Crippen LogP contribution is 2.38. The van der Waals surface area contributed by atoms with Crippen molar-refractivity contribution in [1.29, 1.82) is 0 Å². The summed E-state index contributed by atoms with van der Waals surface area (Å²) in [5, 5.41) is 0.534. The van der Waals surface area contributed by atoms with Crippen molar-refractivity contribution in [3.8, 4) is 0 Å². The van der Waals surface area contributed by atoms with Crippen molar-refractivity contribution in [1.82, 2.24) is 0 Å². The third kappa shape index (κ3) is 3.72. The summed E-state index contributed by atoms with van der Waals surface area (Å²) in [4.78, 5) is 0. The van der Waals surface area contributed by atoms with Gasteiger partial charge in [-0.05, 0) is 36.2 Å². The maximum absolute atomic E-state index is 13.2. The minimum Gasteiger partial charge on any atom is -0.166 e. The van der Waals surface area contributed by atoms with Crippen LogP contribution in [0.5, 0.6) is 0 Å². The molecule has 0 nitrogen and oxygen atoms in total. The maximum atomic E-state index is 13.2. The van der Waals surface area contributed by atoms with E-state index in [0.29, 0.717) is 16.1 Å². The van der Waals surface area contributed by atoms with E-state index in [0.717, 1.165) is 6.07 Å². The van der Waals surface area contributed by atoms with Gasteiger partial charge in [0.05, 0.1) is 5.56 Å². The number of hydrogen-bond acceptors (Lipinski definition) is 0. The molecule has 0 bridgehead atoms. The lowest BCUT2D eigenvalue weighted by Gasteiger charge is -2.21. The van der Waals surface area contributed by atoms with Gasteiger partial charge in [0.15, 0.2) is 0 Å². The van der Waals surface area contributed by atoms with E-state index in [-0.39, 0.29) is 11.4 Å². The van der Waals surface area contributed by atoms with Crippen molar-refractivity contribution in [2.24, 2.45) is 0 Å². The Bertz CT molecular complexity index is 618. The zero-order valence-corrected chi connectivity index (χ0v) is 12.7. The van der Waals surface area contributed by atoms with Crippen LogP contribution in [0, 0.1) is 6.92 Å². The van der Waals surface area contributed by atoms with Gasteiger partial charge in [0, 0.05) is 16.8 Å². The maximum Gasteiger partial charge on any atom is 0.416 e. The molecule has 0 saturated heterocycles. The molecule has 1 unspecified atom stereocenters. The van der Waals surface area contributed by atoms with E-state index in [9.17, 15) is 13.2 Å². The molecule has 0 aromatic heterocycles. The molecule has 0 radical (unpaired) electrons. The van der Waals surface area contributed by atoms with Gasteiger partial charge in [-0.1, -0.05) is 41.4 Å². The first-order valence-corrected chi connectivity index (χ1v) is 7.23. The summed E-state index contributed by atoms with van der Waals surface area (Å²) in [6.07, 6.45) is -4.40. The number of hydrogen-bond donors (Lipinski definition) is 0. The van der Waals surface area contributed by atoms with Gasteiger partial charge in [-0.15, -0.1) is 11.6 Å². The Hall–Kier alpha value is -1.19. The molecule has 0 aliphatic carbocycles. The molecule has 0 N–H and O–H groups in total. The van der Waals surface area contributed by atoms with Crippen LogP contribution < -0.4 is 0 Å². The Morgan fingerprint density at radius 1 is 1.05 bits per heavy atom. The van der Waals surface area contributed by atoms with Gasteiger partial charge in [-0.25, -0.2) is 0 Å². The molecule has 2 aromatic carbocycles. The predicted molar refractivity (Wildman–Crippen MR) is 80.2 cm³/mol. The van der Waals surface area contributed by atoms with Crippen molar-refractivity contribution in [3.05, 3.63) is 69.7 Å². The molecule has 0 amide bonds. The minimum atomic E-state index is -4.40. The van der Waals surface area contributed by atoms with E-state index >= 15 is 0 Å². The van der Waals surface area contributed by atoms with Crippen LogP contribution in [-0.2, 0) is 6.18 Å². The Morgan fingerprint density at radius 3 is 2.19 bits per heavy atom. The van der Waals surface area contributed by atoms with Crippen LogP contribution in [0.2, 0.25) is 5.02 Å². The van der Waals surface area contributed by atoms with Crippen LogP contribution in [0.1, 0.15) is 28.2 Å². The Balaban J connectivity index is 2.55. The van der Waals surface area contributed by atoms with Crippen LogP contribution >= 0.6 is 23.2 Å². The van der Waals surface area contributed by atoms with Gasteiger partial charge in [0.25, 0.3) is 0 Å². The van der Waals surface area contributed by atoms with Crippen LogP contribution in [-0.4, -0.2) is 5.88 Å². The second-order valence-corrected chi connectivity index (χ2v) is 5.59. The highest BCUT2D eigenvalue weighted by Gasteiger charge is 2.35. The second kappa shape index (κ2) is 6.29. The van der Waals surface area contributed by atoms with E-state index in [1.54, 1.807) is 37.3 Å². The summed E-state index contributed by atoms with van der Waals surface area (Å²) < 4.78 is 39.7. The average molecular weight is 333 g/mol. The Morgan fingerprint density at radius 2 is 1.67 bits per heavy atom. The molecule has 0 spiro atoms. The molecule has 2 rings (SSSR count). The van der Waals surface area contributed by atoms with Crippen molar-refractivity contribution >= 4 is 23.2 Å². The molecule has 1 atom stereocenters. The molecule has 0 fully saturated rings. The Kier molecular flexibility index (Phi) is 4.84. The van der Waals surface area contributed by atoms with E-state index < -0.39 is 17.7 Å². The van der Waals surface area contributed by atoms with Gasteiger partial charge in [-0.3, -0.25) is 0 Å². The lowest BCUT2D eigenvalue weighted by atomic mass is 9.88. The van der Waals surface area contributed by atoms with Crippen LogP contribution in [0.15, 0.2) is 42.5 Å².